The highest BCUT2D eigenvalue weighted by atomic mass is 33.1. The van der Waals surface area contributed by atoms with Crippen LogP contribution in [0.4, 0.5) is 0 Å². The molecule has 1 rings (SSSR count). The molecule has 0 aromatic rings. The highest BCUT2D eigenvalue weighted by molar-refractivity contribution is 8.76. The van der Waals surface area contributed by atoms with Crippen LogP contribution in [-0.2, 0) is 14.4 Å². The van der Waals surface area contributed by atoms with Crippen molar-refractivity contribution in [2.75, 3.05) is 18.1 Å². The van der Waals surface area contributed by atoms with Gasteiger partial charge in [0, 0.05) is 24.5 Å². The summed E-state index contributed by atoms with van der Waals surface area (Å²) in [6.45, 7) is 4.58. The standard InChI is InChI=1S/C12H20N2O4S2/c1-8(2)9-7-10(18-14-9)12(17)13-4-6-20-19-5-3-11(15)16/h8,10H,3-7H2,1-2H3,(H,13,17)(H,15,16). The number of carboxylic acids is 1. The maximum absolute atomic E-state index is 11.8. The molecule has 0 aliphatic carbocycles. The Morgan fingerprint density at radius 2 is 2.15 bits per heavy atom. The van der Waals surface area contributed by atoms with Crippen LogP contribution in [0.1, 0.15) is 26.7 Å². The molecule has 1 aliphatic rings. The van der Waals surface area contributed by atoms with Gasteiger partial charge in [0.15, 0.2) is 0 Å². The number of hydrogen-bond acceptors (Lipinski definition) is 6. The first-order valence-corrected chi connectivity index (χ1v) is 8.96. The van der Waals surface area contributed by atoms with E-state index in [4.69, 9.17) is 9.94 Å². The molecular weight excluding hydrogens is 300 g/mol. The van der Waals surface area contributed by atoms with E-state index in [-0.39, 0.29) is 12.3 Å². The smallest absolute Gasteiger partial charge is 0.304 e. The van der Waals surface area contributed by atoms with Crippen LogP contribution in [0, 0.1) is 5.92 Å². The predicted molar refractivity (Wildman–Crippen MR) is 81.9 cm³/mol. The summed E-state index contributed by atoms with van der Waals surface area (Å²) < 4.78 is 0. The first-order chi connectivity index (χ1) is 9.50. The number of nitrogens with zero attached hydrogens (tertiary/aromatic N) is 1. The van der Waals surface area contributed by atoms with E-state index in [2.05, 4.69) is 10.5 Å². The number of carboxylic acid groups (broad SMARTS) is 1. The lowest BCUT2D eigenvalue weighted by molar-refractivity contribution is -0.136. The lowest BCUT2D eigenvalue weighted by Gasteiger charge is -2.09. The minimum atomic E-state index is -0.786. The molecule has 2 N–H and O–H groups in total. The molecule has 0 radical (unpaired) electrons. The van der Waals surface area contributed by atoms with Crippen molar-refractivity contribution < 1.29 is 19.5 Å². The molecule has 20 heavy (non-hydrogen) atoms. The van der Waals surface area contributed by atoms with Gasteiger partial charge in [-0.05, 0) is 5.92 Å². The van der Waals surface area contributed by atoms with Gasteiger partial charge in [0.2, 0.25) is 6.10 Å². The van der Waals surface area contributed by atoms with E-state index in [1.807, 2.05) is 13.8 Å². The van der Waals surface area contributed by atoms with Crippen LogP contribution in [0.25, 0.3) is 0 Å². The fraction of sp³-hybridized carbons (Fsp3) is 0.750. The van der Waals surface area contributed by atoms with Crippen LogP contribution in [-0.4, -0.2) is 46.8 Å². The Morgan fingerprint density at radius 3 is 2.75 bits per heavy atom. The minimum absolute atomic E-state index is 0.138. The van der Waals surface area contributed by atoms with Crippen molar-refractivity contribution in [2.45, 2.75) is 32.8 Å². The SMILES string of the molecule is CC(C)C1=NOC(C(=O)NCCSSCCC(=O)O)C1. The summed E-state index contributed by atoms with van der Waals surface area (Å²) in [4.78, 5) is 27.2. The summed E-state index contributed by atoms with van der Waals surface area (Å²) in [7, 11) is 3.05. The Kier molecular flexibility index (Phi) is 7.83. The molecule has 1 amide bonds. The third-order valence-corrected chi connectivity index (χ3v) is 5.03. The molecule has 1 aliphatic heterocycles. The fourth-order valence-electron chi connectivity index (χ4n) is 1.45. The minimum Gasteiger partial charge on any atom is -0.481 e. The summed E-state index contributed by atoms with van der Waals surface area (Å²) in [6.07, 6.45) is 0.219. The van der Waals surface area contributed by atoms with Crippen molar-refractivity contribution in [3.05, 3.63) is 0 Å². The number of carbonyl (C=O) groups excluding carboxylic acids is 1. The van der Waals surface area contributed by atoms with Gasteiger partial charge in [0.05, 0.1) is 12.1 Å². The van der Waals surface area contributed by atoms with Crippen LogP contribution < -0.4 is 5.32 Å². The van der Waals surface area contributed by atoms with Gasteiger partial charge in [0.25, 0.3) is 5.91 Å². The predicted octanol–water partition coefficient (Wildman–Crippen LogP) is 1.76. The lowest BCUT2D eigenvalue weighted by Crippen LogP contribution is -2.36. The van der Waals surface area contributed by atoms with Crippen molar-refractivity contribution in [2.24, 2.45) is 11.1 Å². The van der Waals surface area contributed by atoms with E-state index in [0.29, 0.717) is 24.6 Å². The highest BCUT2D eigenvalue weighted by Gasteiger charge is 2.28. The summed E-state index contributed by atoms with van der Waals surface area (Å²) in [5.41, 5.74) is 0.920. The lowest BCUT2D eigenvalue weighted by atomic mass is 10.0. The average Bonchev–Trinajstić information content (AvgIpc) is 2.86. The van der Waals surface area contributed by atoms with E-state index >= 15 is 0 Å². The van der Waals surface area contributed by atoms with E-state index in [0.717, 1.165) is 11.5 Å². The third-order valence-electron chi connectivity index (χ3n) is 2.62. The maximum atomic E-state index is 11.8. The molecule has 6 nitrogen and oxygen atoms in total. The topological polar surface area (TPSA) is 88.0 Å². The Bertz CT molecular complexity index is 374. The second-order valence-corrected chi connectivity index (χ2v) is 7.32. The Hall–Kier alpha value is -0.890. The van der Waals surface area contributed by atoms with Gasteiger partial charge in [-0.15, -0.1) is 0 Å². The number of rotatable bonds is 9. The quantitative estimate of drug-likeness (QED) is 0.497. The number of aliphatic carboxylic acids is 1. The van der Waals surface area contributed by atoms with Crippen molar-refractivity contribution >= 4 is 39.2 Å². The molecule has 1 heterocycles. The monoisotopic (exact) mass is 320 g/mol. The molecule has 1 atom stereocenters. The average molecular weight is 320 g/mol. The second-order valence-electron chi connectivity index (χ2n) is 4.61. The molecule has 8 heteroatoms. The summed E-state index contributed by atoms with van der Waals surface area (Å²) in [6, 6.07) is 0. The van der Waals surface area contributed by atoms with Crippen LogP contribution >= 0.6 is 21.6 Å². The van der Waals surface area contributed by atoms with E-state index in [9.17, 15) is 9.59 Å². The number of oxime groups is 1. The molecule has 0 spiro atoms. The van der Waals surface area contributed by atoms with Crippen LogP contribution in [0.3, 0.4) is 0 Å². The Labute approximate surface area is 126 Å². The molecule has 0 bridgehead atoms. The van der Waals surface area contributed by atoms with Crippen LogP contribution in [0.15, 0.2) is 5.16 Å². The van der Waals surface area contributed by atoms with Gasteiger partial charge in [-0.1, -0.05) is 40.6 Å². The number of amides is 1. The molecule has 0 aromatic carbocycles. The summed E-state index contributed by atoms with van der Waals surface area (Å²) in [5.74, 6) is 0.687. The van der Waals surface area contributed by atoms with Gasteiger partial charge >= 0.3 is 5.97 Å². The van der Waals surface area contributed by atoms with Gasteiger partial charge in [0.1, 0.15) is 0 Å². The number of carbonyl (C=O) groups is 2. The summed E-state index contributed by atoms with van der Waals surface area (Å²) in [5, 5.41) is 15.2. The molecule has 114 valence electrons. The van der Waals surface area contributed by atoms with Crippen molar-refractivity contribution in [1.82, 2.24) is 5.32 Å². The third kappa shape index (κ3) is 6.51. The fourth-order valence-corrected chi connectivity index (χ4v) is 3.34. The van der Waals surface area contributed by atoms with Gasteiger partial charge in [-0.2, -0.15) is 0 Å². The second kappa shape index (κ2) is 9.12. The van der Waals surface area contributed by atoms with E-state index in [1.54, 1.807) is 10.8 Å². The normalized spacial score (nSPS) is 17.8. The highest BCUT2D eigenvalue weighted by Crippen LogP contribution is 2.21. The zero-order valence-corrected chi connectivity index (χ0v) is 13.3. The zero-order valence-electron chi connectivity index (χ0n) is 11.6. The van der Waals surface area contributed by atoms with Gasteiger partial charge in [-0.3, -0.25) is 9.59 Å². The number of nitrogens with one attached hydrogen (secondary N) is 1. The molecule has 0 fully saturated rings. The van der Waals surface area contributed by atoms with Crippen molar-refractivity contribution in [1.29, 1.82) is 0 Å². The Balaban J connectivity index is 2.03. The van der Waals surface area contributed by atoms with E-state index < -0.39 is 12.1 Å². The molecular formula is C12H20N2O4S2. The van der Waals surface area contributed by atoms with Gasteiger partial charge < -0.3 is 15.3 Å². The van der Waals surface area contributed by atoms with Crippen molar-refractivity contribution in [3.63, 3.8) is 0 Å². The first kappa shape index (κ1) is 17.2. The van der Waals surface area contributed by atoms with Gasteiger partial charge in [-0.25, -0.2) is 0 Å². The molecule has 0 saturated carbocycles. The number of hydrogen-bond donors (Lipinski definition) is 2. The van der Waals surface area contributed by atoms with Crippen LogP contribution in [0.5, 0.6) is 0 Å². The molecule has 0 aromatic heterocycles. The summed E-state index contributed by atoms with van der Waals surface area (Å²) >= 11 is 0. The molecule has 0 saturated heterocycles. The maximum Gasteiger partial charge on any atom is 0.304 e. The largest absolute Gasteiger partial charge is 0.481 e. The zero-order chi connectivity index (χ0) is 15.0. The Morgan fingerprint density at radius 1 is 1.45 bits per heavy atom. The first-order valence-electron chi connectivity index (χ1n) is 6.47. The van der Waals surface area contributed by atoms with E-state index in [1.165, 1.54) is 10.8 Å². The van der Waals surface area contributed by atoms with Crippen LogP contribution in [0.2, 0.25) is 0 Å². The molecule has 1 unspecified atom stereocenters. The van der Waals surface area contributed by atoms with Crippen molar-refractivity contribution in [3.8, 4) is 0 Å².